The molecule has 0 bridgehead atoms. The van der Waals surface area contributed by atoms with E-state index in [2.05, 4.69) is 15.1 Å². The monoisotopic (exact) mass is 206 g/mol. The highest BCUT2D eigenvalue weighted by Gasteiger charge is 2.05. The fourth-order valence-electron chi connectivity index (χ4n) is 1.25. The molecule has 6 heteroatoms. The summed E-state index contributed by atoms with van der Waals surface area (Å²) in [5.41, 5.74) is 0.524. The van der Waals surface area contributed by atoms with Crippen molar-refractivity contribution in [3.05, 3.63) is 40.7 Å². The summed E-state index contributed by atoms with van der Waals surface area (Å²) in [4.78, 5) is 19.4. The van der Waals surface area contributed by atoms with Gasteiger partial charge in [0.15, 0.2) is 5.82 Å². The molecule has 2 rings (SSSR count). The van der Waals surface area contributed by atoms with Crippen LogP contribution in [0, 0.1) is 0 Å². The van der Waals surface area contributed by atoms with Crippen LogP contribution in [0.5, 0.6) is 0 Å². The summed E-state index contributed by atoms with van der Waals surface area (Å²) in [6.07, 6.45) is 4.58. The third-order valence-corrected chi connectivity index (χ3v) is 1.85. The van der Waals surface area contributed by atoms with Crippen molar-refractivity contribution < 1.29 is 4.74 Å². The molecule has 0 amide bonds. The Labute approximate surface area is 85.5 Å². The fraction of sp³-hybridized carbons (Fsp3) is 0.222. The van der Waals surface area contributed by atoms with Gasteiger partial charge in [-0.05, 0) is 0 Å². The summed E-state index contributed by atoms with van der Waals surface area (Å²) in [5.74, 6) is 0.463. The second kappa shape index (κ2) is 4.05. The Bertz CT molecular complexity index is 488. The SMILES string of the molecule is COCc1cc(=O)n(-c2cnccn2)[nH]1. The highest BCUT2D eigenvalue weighted by molar-refractivity contribution is 5.16. The van der Waals surface area contributed by atoms with Crippen molar-refractivity contribution >= 4 is 0 Å². The lowest BCUT2D eigenvalue weighted by Crippen LogP contribution is -2.14. The molecule has 78 valence electrons. The number of hydrogen-bond donors (Lipinski definition) is 1. The average molecular weight is 206 g/mol. The van der Waals surface area contributed by atoms with Crippen LogP contribution < -0.4 is 5.56 Å². The van der Waals surface area contributed by atoms with Crippen molar-refractivity contribution in [1.29, 1.82) is 0 Å². The van der Waals surface area contributed by atoms with E-state index in [-0.39, 0.29) is 5.56 Å². The molecule has 2 aromatic heterocycles. The van der Waals surface area contributed by atoms with Crippen molar-refractivity contribution in [3.8, 4) is 5.82 Å². The predicted octanol–water partition coefficient (Wildman–Crippen LogP) is 0.102. The highest BCUT2D eigenvalue weighted by Crippen LogP contribution is 1.98. The Morgan fingerprint density at radius 3 is 3.07 bits per heavy atom. The minimum atomic E-state index is -0.178. The van der Waals surface area contributed by atoms with E-state index in [9.17, 15) is 4.79 Å². The zero-order valence-electron chi connectivity index (χ0n) is 8.17. The Balaban J connectivity index is 2.41. The number of aromatic nitrogens is 4. The first-order valence-electron chi connectivity index (χ1n) is 4.37. The van der Waals surface area contributed by atoms with Gasteiger partial charge in [-0.2, -0.15) is 4.68 Å². The number of H-pyrrole nitrogens is 1. The van der Waals surface area contributed by atoms with Gasteiger partial charge >= 0.3 is 0 Å². The minimum Gasteiger partial charge on any atom is -0.378 e. The predicted molar refractivity (Wildman–Crippen MR) is 52.7 cm³/mol. The third kappa shape index (κ3) is 1.94. The van der Waals surface area contributed by atoms with E-state index in [1.165, 1.54) is 23.1 Å². The van der Waals surface area contributed by atoms with Crippen LogP contribution in [0.4, 0.5) is 0 Å². The van der Waals surface area contributed by atoms with Gasteiger partial charge in [-0.15, -0.1) is 0 Å². The molecule has 0 saturated heterocycles. The summed E-state index contributed by atoms with van der Waals surface area (Å²) in [6, 6.07) is 1.47. The highest BCUT2D eigenvalue weighted by atomic mass is 16.5. The van der Waals surface area contributed by atoms with Gasteiger partial charge in [0.05, 0.1) is 18.5 Å². The lowest BCUT2D eigenvalue weighted by Gasteiger charge is -1.98. The van der Waals surface area contributed by atoms with Crippen molar-refractivity contribution in [2.45, 2.75) is 6.61 Å². The van der Waals surface area contributed by atoms with Crippen LogP contribution in [0.25, 0.3) is 5.82 Å². The molecule has 2 heterocycles. The molecule has 0 saturated carbocycles. The van der Waals surface area contributed by atoms with Gasteiger partial charge in [0.2, 0.25) is 0 Å². The summed E-state index contributed by atoms with van der Waals surface area (Å²) in [5, 5.41) is 2.88. The van der Waals surface area contributed by atoms with E-state index in [1.807, 2.05) is 0 Å². The van der Waals surface area contributed by atoms with Gasteiger partial charge in [0, 0.05) is 25.6 Å². The summed E-state index contributed by atoms with van der Waals surface area (Å²) in [6.45, 7) is 0.364. The quantitative estimate of drug-likeness (QED) is 0.773. The zero-order chi connectivity index (χ0) is 10.7. The molecule has 1 N–H and O–H groups in total. The first-order valence-corrected chi connectivity index (χ1v) is 4.37. The number of aromatic amines is 1. The number of rotatable bonds is 3. The molecule has 0 spiro atoms. The largest absolute Gasteiger partial charge is 0.378 e. The molecule has 0 radical (unpaired) electrons. The van der Waals surface area contributed by atoms with Crippen LogP contribution in [0.3, 0.4) is 0 Å². The molecule has 0 unspecified atom stereocenters. The molecule has 6 nitrogen and oxygen atoms in total. The van der Waals surface area contributed by atoms with Crippen molar-refractivity contribution in [2.24, 2.45) is 0 Å². The van der Waals surface area contributed by atoms with Crippen molar-refractivity contribution in [1.82, 2.24) is 19.7 Å². The number of hydrogen-bond acceptors (Lipinski definition) is 4. The van der Waals surface area contributed by atoms with E-state index in [1.54, 1.807) is 13.3 Å². The molecule has 0 aromatic carbocycles. The summed E-state index contributed by atoms with van der Waals surface area (Å²) < 4.78 is 6.23. The maximum atomic E-state index is 11.5. The van der Waals surface area contributed by atoms with Crippen LogP contribution in [0.15, 0.2) is 29.5 Å². The van der Waals surface area contributed by atoms with E-state index in [4.69, 9.17) is 4.74 Å². The van der Waals surface area contributed by atoms with Crippen molar-refractivity contribution in [2.75, 3.05) is 7.11 Å². The van der Waals surface area contributed by atoms with Crippen LogP contribution in [0.2, 0.25) is 0 Å². The van der Waals surface area contributed by atoms with E-state index in [0.717, 1.165) is 0 Å². The number of nitrogens with zero attached hydrogens (tertiary/aromatic N) is 3. The van der Waals surface area contributed by atoms with E-state index < -0.39 is 0 Å². The van der Waals surface area contributed by atoms with Gasteiger partial charge in [-0.25, -0.2) is 4.98 Å². The zero-order valence-corrected chi connectivity index (χ0v) is 8.17. The number of ether oxygens (including phenoxy) is 1. The lowest BCUT2D eigenvalue weighted by atomic mass is 10.5. The van der Waals surface area contributed by atoms with Gasteiger partial charge in [-0.1, -0.05) is 0 Å². The molecule has 2 aromatic rings. The third-order valence-electron chi connectivity index (χ3n) is 1.85. The standard InChI is InChI=1S/C9H10N4O2/c1-15-6-7-4-9(14)13(12-7)8-5-10-2-3-11-8/h2-5,12H,6H2,1H3. The topological polar surface area (TPSA) is 72.8 Å². The van der Waals surface area contributed by atoms with Gasteiger partial charge < -0.3 is 4.74 Å². The molecule has 0 atom stereocenters. The number of nitrogens with one attached hydrogen (secondary N) is 1. The summed E-state index contributed by atoms with van der Waals surface area (Å²) in [7, 11) is 1.57. The van der Waals surface area contributed by atoms with Crippen LogP contribution >= 0.6 is 0 Å². The Morgan fingerprint density at radius 1 is 1.53 bits per heavy atom. The van der Waals surface area contributed by atoms with Crippen LogP contribution in [-0.4, -0.2) is 26.9 Å². The maximum absolute atomic E-state index is 11.5. The molecule has 0 fully saturated rings. The Hall–Kier alpha value is -1.95. The van der Waals surface area contributed by atoms with Crippen molar-refractivity contribution in [3.63, 3.8) is 0 Å². The second-order valence-electron chi connectivity index (χ2n) is 2.95. The van der Waals surface area contributed by atoms with E-state index >= 15 is 0 Å². The first-order chi connectivity index (χ1) is 7.31. The van der Waals surface area contributed by atoms with E-state index in [0.29, 0.717) is 18.1 Å². The summed E-state index contributed by atoms with van der Waals surface area (Å²) >= 11 is 0. The molecule has 0 aliphatic rings. The molecule has 0 aliphatic heterocycles. The van der Waals surface area contributed by atoms with Crippen LogP contribution in [-0.2, 0) is 11.3 Å². The maximum Gasteiger partial charge on any atom is 0.273 e. The second-order valence-corrected chi connectivity index (χ2v) is 2.95. The van der Waals surface area contributed by atoms with Gasteiger partial charge in [-0.3, -0.25) is 14.9 Å². The average Bonchev–Trinajstić information content (AvgIpc) is 2.61. The molecule has 0 aliphatic carbocycles. The van der Waals surface area contributed by atoms with Crippen LogP contribution in [0.1, 0.15) is 5.69 Å². The fourth-order valence-corrected chi connectivity index (χ4v) is 1.25. The number of methoxy groups -OCH3 is 1. The Kier molecular flexibility index (Phi) is 2.59. The molecular formula is C9H10N4O2. The van der Waals surface area contributed by atoms with Gasteiger partial charge in [0.25, 0.3) is 5.56 Å². The Morgan fingerprint density at radius 2 is 2.40 bits per heavy atom. The van der Waals surface area contributed by atoms with Gasteiger partial charge in [0.1, 0.15) is 0 Å². The molecular weight excluding hydrogens is 196 g/mol. The lowest BCUT2D eigenvalue weighted by molar-refractivity contribution is 0.181. The first kappa shape index (κ1) is 9.60. The normalized spacial score (nSPS) is 10.5. The smallest absolute Gasteiger partial charge is 0.273 e. The minimum absolute atomic E-state index is 0.178. The molecule has 15 heavy (non-hydrogen) atoms.